The summed E-state index contributed by atoms with van der Waals surface area (Å²) >= 11 is 1.55. The van der Waals surface area contributed by atoms with E-state index in [9.17, 15) is 8.42 Å². The largest absolute Gasteiger partial charge is 0.396 e. The average Bonchev–Trinajstić information content (AvgIpc) is 2.78. The van der Waals surface area contributed by atoms with E-state index in [4.69, 9.17) is 5.11 Å². The van der Waals surface area contributed by atoms with Gasteiger partial charge in [0.05, 0.1) is 0 Å². The highest BCUT2D eigenvalue weighted by atomic mass is 32.2. The molecule has 0 bridgehead atoms. The minimum Gasteiger partial charge on any atom is -0.396 e. The van der Waals surface area contributed by atoms with Crippen LogP contribution in [0.25, 0.3) is 0 Å². The standard InChI is InChI=1S/C10H18N2O3S2/c1-11(5-3-6-13)17(14,15)12(2)8-10-4-7-16-9-10/h4,7,9,13H,3,5-6,8H2,1-2H3. The summed E-state index contributed by atoms with van der Waals surface area (Å²) in [5.74, 6) is 0. The number of rotatable bonds is 7. The van der Waals surface area contributed by atoms with Gasteiger partial charge in [-0.2, -0.15) is 28.4 Å². The maximum atomic E-state index is 12.0. The second-order valence-corrected chi connectivity index (χ2v) is 6.72. The van der Waals surface area contributed by atoms with Crippen molar-refractivity contribution in [2.75, 3.05) is 27.2 Å². The highest BCUT2D eigenvalue weighted by molar-refractivity contribution is 7.86. The molecule has 17 heavy (non-hydrogen) atoms. The molecule has 0 aliphatic heterocycles. The fourth-order valence-corrected chi connectivity index (χ4v) is 3.18. The van der Waals surface area contributed by atoms with Gasteiger partial charge in [-0.3, -0.25) is 0 Å². The Kier molecular flexibility index (Phi) is 5.54. The zero-order valence-corrected chi connectivity index (χ0v) is 11.7. The van der Waals surface area contributed by atoms with Crippen molar-refractivity contribution in [3.63, 3.8) is 0 Å². The van der Waals surface area contributed by atoms with Gasteiger partial charge in [-0.15, -0.1) is 0 Å². The van der Waals surface area contributed by atoms with Crippen LogP contribution < -0.4 is 0 Å². The van der Waals surface area contributed by atoms with E-state index >= 15 is 0 Å². The summed E-state index contributed by atoms with van der Waals surface area (Å²) < 4.78 is 26.6. The molecule has 98 valence electrons. The van der Waals surface area contributed by atoms with Gasteiger partial charge in [0.25, 0.3) is 10.2 Å². The Labute approximate surface area is 106 Å². The minimum absolute atomic E-state index is 0.00585. The molecule has 0 aliphatic rings. The maximum absolute atomic E-state index is 12.0. The lowest BCUT2D eigenvalue weighted by atomic mass is 10.3. The SMILES string of the molecule is CN(CCCO)S(=O)(=O)N(C)Cc1ccsc1. The summed E-state index contributed by atoms with van der Waals surface area (Å²) in [6, 6.07) is 1.91. The second-order valence-electron chi connectivity index (χ2n) is 3.79. The normalized spacial score (nSPS) is 12.5. The van der Waals surface area contributed by atoms with Gasteiger partial charge in [0.2, 0.25) is 0 Å². The van der Waals surface area contributed by atoms with Crippen LogP contribution in [0.2, 0.25) is 0 Å². The van der Waals surface area contributed by atoms with Crippen molar-refractivity contribution in [3.8, 4) is 0 Å². The van der Waals surface area contributed by atoms with Gasteiger partial charge in [0, 0.05) is 33.8 Å². The lowest BCUT2D eigenvalue weighted by Crippen LogP contribution is -2.39. The van der Waals surface area contributed by atoms with Crippen LogP contribution in [-0.2, 0) is 16.8 Å². The van der Waals surface area contributed by atoms with E-state index in [0.29, 0.717) is 19.5 Å². The van der Waals surface area contributed by atoms with Gasteiger partial charge in [-0.05, 0) is 28.8 Å². The molecule has 0 saturated heterocycles. The molecule has 1 rings (SSSR count). The molecule has 1 N–H and O–H groups in total. The van der Waals surface area contributed by atoms with Crippen molar-refractivity contribution in [1.82, 2.24) is 8.61 Å². The zero-order chi connectivity index (χ0) is 12.9. The summed E-state index contributed by atoms with van der Waals surface area (Å²) in [7, 11) is -0.346. The third-order valence-electron chi connectivity index (χ3n) is 2.40. The van der Waals surface area contributed by atoms with E-state index in [1.165, 1.54) is 15.7 Å². The molecule has 1 aromatic rings. The van der Waals surface area contributed by atoms with Crippen LogP contribution in [0.3, 0.4) is 0 Å². The van der Waals surface area contributed by atoms with Crippen molar-refractivity contribution < 1.29 is 13.5 Å². The predicted molar refractivity (Wildman–Crippen MR) is 69.0 cm³/mol. The molecule has 7 heteroatoms. The highest BCUT2D eigenvalue weighted by Gasteiger charge is 2.23. The average molecular weight is 278 g/mol. The Morgan fingerprint density at radius 3 is 2.59 bits per heavy atom. The number of nitrogens with zero attached hydrogens (tertiary/aromatic N) is 2. The van der Waals surface area contributed by atoms with Gasteiger partial charge in [0.15, 0.2) is 0 Å². The van der Waals surface area contributed by atoms with Crippen LogP contribution in [0.5, 0.6) is 0 Å². The third-order valence-corrected chi connectivity index (χ3v) is 5.02. The lowest BCUT2D eigenvalue weighted by Gasteiger charge is -2.23. The minimum atomic E-state index is -3.43. The molecule has 0 aromatic carbocycles. The Morgan fingerprint density at radius 2 is 2.06 bits per heavy atom. The first-order valence-electron chi connectivity index (χ1n) is 5.28. The second kappa shape index (κ2) is 6.46. The number of thiophene rings is 1. The molecule has 0 saturated carbocycles. The molecular weight excluding hydrogens is 260 g/mol. The summed E-state index contributed by atoms with van der Waals surface area (Å²) in [4.78, 5) is 0. The molecule has 0 aliphatic carbocycles. The van der Waals surface area contributed by atoms with Crippen LogP contribution in [0.15, 0.2) is 16.8 Å². The van der Waals surface area contributed by atoms with Gasteiger partial charge in [-0.25, -0.2) is 0 Å². The Hall–Kier alpha value is -0.470. The fourth-order valence-electron chi connectivity index (χ4n) is 1.37. The van der Waals surface area contributed by atoms with Gasteiger partial charge < -0.3 is 5.11 Å². The molecule has 0 atom stereocenters. The van der Waals surface area contributed by atoms with Crippen molar-refractivity contribution in [2.45, 2.75) is 13.0 Å². The Bertz CT molecular complexity index is 417. The van der Waals surface area contributed by atoms with E-state index in [2.05, 4.69) is 0 Å². The maximum Gasteiger partial charge on any atom is 0.281 e. The lowest BCUT2D eigenvalue weighted by molar-refractivity contribution is 0.272. The van der Waals surface area contributed by atoms with Crippen molar-refractivity contribution in [1.29, 1.82) is 0 Å². The van der Waals surface area contributed by atoms with Crippen LogP contribution >= 0.6 is 11.3 Å². The molecule has 0 amide bonds. The first-order chi connectivity index (χ1) is 7.98. The first-order valence-corrected chi connectivity index (χ1v) is 7.62. The van der Waals surface area contributed by atoms with Crippen molar-refractivity contribution >= 4 is 21.5 Å². The molecule has 0 fully saturated rings. The first kappa shape index (κ1) is 14.6. The van der Waals surface area contributed by atoms with E-state index < -0.39 is 10.2 Å². The summed E-state index contributed by atoms with van der Waals surface area (Å²) in [5.41, 5.74) is 0.983. The number of hydrogen-bond donors (Lipinski definition) is 1. The number of aliphatic hydroxyl groups is 1. The van der Waals surface area contributed by atoms with Crippen LogP contribution in [-0.4, -0.2) is 49.4 Å². The topological polar surface area (TPSA) is 60.9 Å². The van der Waals surface area contributed by atoms with E-state index in [-0.39, 0.29) is 6.61 Å². The van der Waals surface area contributed by atoms with Gasteiger partial charge in [0.1, 0.15) is 0 Å². The molecule has 0 radical (unpaired) electrons. The van der Waals surface area contributed by atoms with E-state index in [0.717, 1.165) is 5.56 Å². The number of aliphatic hydroxyl groups excluding tert-OH is 1. The summed E-state index contributed by atoms with van der Waals surface area (Å²) in [5, 5.41) is 12.5. The molecule has 0 spiro atoms. The van der Waals surface area contributed by atoms with Crippen LogP contribution in [0, 0.1) is 0 Å². The van der Waals surface area contributed by atoms with Crippen LogP contribution in [0.1, 0.15) is 12.0 Å². The van der Waals surface area contributed by atoms with Gasteiger partial charge >= 0.3 is 0 Å². The van der Waals surface area contributed by atoms with E-state index in [1.807, 2.05) is 16.8 Å². The smallest absolute Gasteiger partial charge is 0.281 e. The Morgan fingerprint density at radius 1 is 1.35 bits per heavy atom. The van der Waals surface area contributed by atoms with Crippen molar-refractivity contribution in [2.24, 2.45) is 0 Å². The highest BCUT2D eigenvalue weighted by Crippen LogP contribution is 2.12. The molecule has 1 heterocycles. The Balaban J connectivity index is 2.63. The molecule has 0 unspecified atom stereocenters. The summed E-state index contributed by atoms with van der Waals surface area (Å²) in [6.45, 7) is 0.691. The summed E-state index contributed by atoms with van der Waals surface area (Å²) in [6.07, 6.45) is 0.446. The van der Waals surface area contributed by atoms with Crippen LogP contribution in [0.4, 0.5) is 0 Å². The third kappa shape index (κ3) is 4.04. The molecular formula is C10H18N2O3S2. The number of hydrogen-bond acceptors (Lipinski definition) is 4. The zero-order valence-electron chi connectivity index (χ0n) is 10.0. The van der Waals surface area contributed by atoms with Gasteiger partial charge in [-0.1, -0.05) is 0 Å². The van der Waals surface area contributed by atoms with Crippen molar-refractivity contribution in [3.05, 3.63) is 22.4 Å². The quantitative estimate of drug-likeness (QED) is 0.800. The monoisotopic (exact) mass is 278 g/mol. The molecule has 5 nitrogen and oxygen atoms in total. The predicted octanol–water partition coefficient (Wildman–Crippen LogP) is 0.739. The van der Waals surface area contributed by atoms with E-state index in [1.54, 1.807) is 18.4 Å². The fraction of sp³-hybridized carbons (Fsp3) is 0.600. The molecule has 1 aromatic heterocycles.